The monoisotopic (exact) mass is 426 g/mol. The third-order valence-corrected chi connectivity index (χ3v) is 1.73. The summed E-state index contributed by atoms with van der Waals surface area (Å²) in [5.41, 5.74) is 0. The summed E-state index contributed by atoms with van der Waals surface area (Å²) < 4.78 is 27.2. The fourth-order valence-corrected chi connectivity index (χ4v) is 1.47. The zero-order valence-corrected chi connectivity index (χ0v) is 11.1. The first-order chi connectivity index (χ1) is 5.41. The SMILES string of the molecule is CC(O)(OP(=O)(O)O)OP(=O)(O)O.[188Re]. The van der Waals surface area contributed by atoms with Crippen molar-refractivity contribution in [2.24, 2.45) is 0 Å². The van der Waals surface area contributed by atoms with E-state index in [1.807, 2.05) is 0 Å². The van der Waals surface area contributed by atoms with Crippen LogP contribution in [0.3, 0.4) is 0 Å². The molecule has 14 heavy (non-hydrogen) atoms. The predicted molar refractivity (Wildman–Crippen MR) is 36.9 cm³/mol. The van der Waals surface area contributed by atoms with E-state index >= 15 is 0 Å². The first-order valence-electron chi connectivity index (χ1n) is 2.66. The summed E-state index contributed by atoms with van der Waals surface area (Å²) in [6.45, 7) is 0.519. The topological polar surface area (TPSA) is 154 Å². The number of phosphoric acid groups is 2. The maximum Gasteiger partial charge on any atom is 0.473 e. The van der Waals surface area contributed by atoms with Crippen molar-refractivity contribution in [3.05, 3.63) is 0 Å². The second-order valence-corrected chi connectivity index (χ2v) is 4.39. The second kappa shape index (κ2) is 5.26. The fourth-order valence-electron chi connectivity index (χ4n) is 0.458. The van der Waals surface area contributed by atoms with Gasteiger partial charge in [-0.2, -0.15) is 0 Å². The van der Waals surface area contributed by atoms with Gasteiger partial charge in [-0.25, -0.2) is 18.2 Å². The van der Waals surface area contributed by atoms with Crippen LogP contribution in [0.5, 0.6) is 0 Å². The molecule has 0 fully saturated rings. The van der Waals surface area contributed by atoms with E-state index in [0.717, 1.165) is 0 Å². The molecule has 0 spiro atoms. The van der Waals surface area contributed by atoms with E-state index < -0.39 is 21.6 Å². The molecular weight excluding hydrogens is 418 g/mol. The zero-order valence-electron chi connectivity index (χ0n) is 6.64. The number of hydrogen-bond donors (Lipinski definition) is 5. The van der Waals surface area contributed by atoms with Crippen LogP contribution in [-0.2, 0) is 38.6 Å². The van der Waals surface area contributed by atoms with E-state index in [1.54, 1.807) is 0 Å². The van der Waals surface area contributed by atoms with Crippen LogP contribution in [0, 0.1) is 0 Å². The molecule has 0 saturated heterocycles. The van der Waals surface area contributed by atoms with E-state index in [4.69, 9.17) is 24.7 Å². The summed E-state index contributed by atoms with van der Waals surface area (Å²) >= 11 is 0. The van der Waals surface area contributed by atoms with E-state index in [-0.39, 0.29) is 20.4 Å². The molecule has 0 aromatic carbocycles. The van der Waals surface area contributed by atoms with Crippen LogP contribution in [0.4, 0.5) is 0 Å². The van der Waals surface area contributed by atoms with Crippen molar-refractivity contribution in [2.75, 3.05) is 0 Å². The van der Waals surface area contributed by atoms with Gasteiger partial charge >= 0.3 is 15.6 Å². The summed E-state index contributed by atoms with van der Waals surface area (Å²) in [7, 11) is -10.2. The molecule has 0 rings (SSSR count). The van der Waals surface area contributed by atoms with Crippen LogP contribution in [0.1, 0.15) is 6.92 Å². The van der Waals surface area contributed by atoms with Crippen LogP contribution in [0.25, 0.3) is 0 Å². The normalized spacial score (nSPS) is 13.6. The first kappa shape index (κ1) is 17.2. The molecule has 0 aliphatic rings. The van der Waals surface area contributed by atoms with Gasteiger partial charge < -0.3 is 24.7 Å². The number of rotatable bonds is 4. The minimum Gasteiger partial charge on any atom is -0.343 e. The van der Waals surface area contributed by atoms with Crippen molar-refractivity contribution in [1.29, 1.82) is 0 Å². The van der Waals surface area contributed by atoms with E-state index in [2.05, 4.69) is 9.05 Å². The molecule has 87 valence electrons. The van der Waals surface area contributed by atoms with Gasteiger partial charge in [0.05, 0.1) is 0 Å². The minimum absolute atomic E-state index is 0. The third kappa shape index (κ3) is 10.9. The number of phosphoric ester groups is 2. The van der Waals surface area contributed by atoms with Gasteiger partial charge in [-0.3, -0.25) is 0 Å². The second-order valence-electron chi connectivity index (χ2n) is 2.06. The van der Waals surface area contributed by atoms with Crippen LogP contribution in [-0.4, -0.2) is 30.7 Å². The van der Waals surface area contributed by atoms with Crippen molar-refractivity contribution in [3.8, 4) is 0 Å². The van der Waals surface area contributed by atoms with Gasteiger partial charge in [0.1, 0.15) is 0 Å². The summed E-state index contributed by atoms with van der Waals surface area (Å²) in [4.78, 5) is 32.6. The first-order valence-corrected chi connectivity index (χ1v) is 5.72. The van der Waals surface area contributed by atoms with Crippen molar-refractivity contribution >= 4 is 15.6 Å². The molecular formula is C2H8O9P2Re. The molecule has 0 heterocycles. The van der Waals surface area contributed by atoms with Crippen molar-refractivity contribution < 1.29 is 63.3 Å². The standard InChI is InChI=1S/C2H8O9P2.Re/c1-2(3,10-12(4,5)6)11-13(7,8)9;/h3H,1H3,(H2,4,5,6)(H2,7,8,9);/i;1+2. The third-order valence-electron chi connectivity index (χ3n) is 0.577. The van der Waals surface area contributed by atoms with Gasteiger partial charge in [-0.05, 0) is 0 Å². The zero-order chi connectivity index (χ0) is 10.9. The molecule has 5 N–H and O–H groups in total. The maximum atomic E-state index is 10.1. The Labute approximate surface area is 92.2 Å². The van der Waals surface area contributed by atoms with E-state index in [9.17, 15) is 9.13 Å². The Morgan fingerprint density at radius 2 is 1.21 bits per heavy atom. The van der Waals surface area contributed by atoms with Gasteiger partial charge in [0.15, 0.2) is 0 Å². The Hall–Kier alpha value is 0.842. The summed E-state index contributed by atoms with van der Waals surface area (Å²) in [5, 5.41) is 8.76. The average molecular weight is 426 g/mol. The van der Waals surface area contributed by atoms with Crippen LogP contribution >= 0.6 is 15.6 Å². The minimum atomic E-state index is -5.09. The number of aliphatic hydroxyl groups is 1. The molecule has 12 heteroatoms. The largest absolute Gasteiger partial charge is 0.473 e. The Kier molecular flexibility index (Phi) is 6.47. The maximum absolute atomic E-state index is 10.1. The van der Waals surface area contributed by atoms with E-state index in [1.165, 1.54) is 0 Å². The average Bonchev–Trinajstić information content (AvgIpc) is 1.43. The molecule has 9 nitrogen and oxygen atoms in total. The van der Waals surface area contributed by atoms with Crippen molar-refractivity contribution in [2.45, 2.75) is 12.9 Å². The molecule has 1 radical (unpaired) electrons. The predicted octanol–water partition coefficient (Wildman–Crippen LogP) is -1.13. The summed E-state index contributed by atoms with van der Waals surface area (Å²) in [5.74, 6) is -3.06. The molecule has 0 aliphatic heterocycles. The molecule has 0 aromatic heterocycles. The van der Waals surface area contributed by atoms with Gasteiger partial charge in [0.25, 0.3) is 5.97 Å². The van der Waals surface area contributed by atoms with Crippen molar-refractivity contribution in [1.82, 2.24) is 0 Å². The van der Waals surface area contributed by atoms with Crippen LogP contribution in [0.2, 0.25) is 0 Å². The van der Waals surface area contributed by atoms with Crippen LogP contribution in [0.15, 0.2) is 0 Å². The quantitative estimate of drug-likeness (QED) is 0.278. The molecule has 0 atom stereocenters. The molecule has 0 bridgehead atoms. The summed E-state index contributed by atoms with van der Waals surface area (Å²) in [6.07, 6.45) is 0. The molecule has 0 unspecified atom stereocenters. The summed E-state index contributed by atoms with van der Waals surface area (Å²) in [6, 6.07) is 0. The Morgan fingerprint density at radius 1 is 1.00 bits per heavy atom. The van der Waals surface area contributed by atoms with Gasteiger partial charge in [-0.1, -0.05) is 0 Å². The van der Waals surface area contributed by atoms with Crippen molar-refractivity contribution in [3.63, 3.8) is 0 Å². The van der Waals surface area contributed by atoms with Gasteiger partial charge in [0.2, 0.25) is 0 Å². The fraction of sp³-hybridized carbons (Fsp3) is 1.00. The van der Waals surface area contributed by atoms with Crippen LogP contribution < -0.4 is 0 Å². The molecule has 0 aromatic rings. The smallest absolute Gasteiger partial charge is 0.343 e. The molecule has 0 saturated carbocycles. The van der Waals surface area contributed by atoms with Gasteiger partial charge in [0, 0.05) is 27.3 Å². The number of hydrogen-bond acceptors (Lipinski definition) is 5. The molecule has 0 amide bonds. The Morgan fingerprint density at radius 3 is 1.36 bits per heavy atom. The van der Waals surface area contributed by atoms with Gasteiger partial charge in [-0.15, -0.1) is 0 Å². The Bertz CT molecular complexity index is 236. The Balaban J connectivity index is 0. The van der Waals surface area contributed by atoms with E-state index in [0.29, 0.717) is 6.92 Å². The molecule has 0 aliphatic carbocycles.